The smallest absolute Gasteiger partial charge is 0.254 e. The molecule has 9 heteroatoms. The molecule has 1 aliphatic heterocycles. The monoisotopic (exact) mass is 434 g/mol. The molecule has 1 amide bonds. The molecule has 1 saturated heterocycles. The number of methoxy groups -OCH3 is 1. The van der Waals surface area contributed by atoms with Crippen LogP contribution in [0.25, 0.3) is 11.3 Å². The Labute approximate surface area is 187 Å². The van der Waals surface area contributed by atoms with E-state index in [-0.39, 0.29) is 5.91 Å². The summed E-state index contributed by atoms with van der Waals surface area (Å²) in [5.74, 6) is 1.38. The molecular weight excluding hydrogens is 408 g/mol. The van der Waals surface area contributed by atoms with Crippen molar-refractivity contribution in [2.75, 3.05) is 57.7 Å². The first-order valence-electron chi connectivity index (χ1n) is 10.4. The number of hydrogen-bond acceptors (Lipinski definition) is 8. The zero-order chi connectivity index (χ0) is 22.5. The van der Waals surface area contributed by atoms with Crippen molar-refractivity contribution >= 4 is 23.4 Å². The number of hydrogen-bond donors (Lipinski definition) is 1. The molecule has 0 saturated carbocycles. The summed E-state index contributed by atoms with van der Waals surface area (Å²) in [6, 6.07) is 11.1. The maximum absolute atomic E-state index is 12.9. The van der Waals surface area contributed by atoms with Crippen molar-refractivity contribution in [3.63, 3.8) is 0 Å². The Hall–Kier alpha value is -3.72. The molecule has 2 aromatic heterocycles. The number of benzene rings is 1. The van der Waals surface area contributed by atoms with Crippen LogP contribution < -0.4 is 15.0 Å². The molecule has 1 fully saturated rings. The second-order valence-electron chi connectivity index (χ2n) is 7.47. The van der Waals surface area contributed by atoms with Crippen molar-refractivity contribution in [1.82, 2.24) is 19.9 Å². The van der Waals surface area contributed by atoms with Gasteiger partial charge < -0.3 is 24.6 Å². The highest BCUT2D eigenvalue weighted by Gasteiger charge is 2.25. The van der Waals surface area contributed by atoms with Gasteiger partial charge in [0.15, 0.2) is 11.6 Å². The van der Waals surface area contributed by atoms with Crippen LogP contribution in [-0.2, 0) is 4.74 Å². The number of nitrogens with one attached hydrogen (secondary N) is 1. The number of carbonyl (C=O) groups excluding carboxylic acids is 1. The third-order valence-electron chi connectivity index (χ3n) is 5.09. The van der Waals surface area contributed by atoms with Gasteiger partial charge in [-0.15, -0.1) is 0 Å². The number of nitrogens with zero attached hydrogens (tertiary/aromatic N) is 5. The molecule has 3 heterocycles. The van der Waals surface area contributed by atoms with Crippen LogP contribution in [0.15, 0.2) is 48.8 Å². The largest absolute Gasteiger partial charge is 0.491 e. The summed E-state index contributed by atoms with van der Waals surface area (Å²) in [5.41, 5.74) is 2.52. The average Bonchev–Trinajstić information content (AvgIpc) is 2.84. The summed E-state index contributed by atoms with van der Waals surface area (Å²) in [6.07, 6.45) is 3.41. The number of morpholine rings is 1. The van der Waals surface area contributed by atoms with Gasteiger partial charge in [0.1, 0.15) is 5.69 Å². The predicted molar refractivity (Wildman–Crippen MR) is 123 cm³/mol. The third-order valence-corrected chi connectivity index (χ3v) is 5.09. The van der Waals surface area contributed by atoms with Crippen LogP contribution in [0, 0.1) is 0 Å². The lowest BCUT2D eigenvalue weighted by atomic mass is 10.0. The first-order chi connectivity index (χ1) is 15.6. The standard InChI is InChI=1S/C23H26N6O3/c1-28(2)22(30)18-9-5-4-8-17(18)19-20(31-3)21(25-16-7-6-10-24-15-16)27-23(26-19)29-11-13-32-14-12-29/h4-10,15H,11-14H2,1-3H3,(H,25,26,27). The molecule has 3 aromatic rings. The SMILES string of the molecule is COc1c(Nc2cccnc2)nc(N2CCOCC2)nc1-c1ccccc1C(=O)N(C)C. The molecule has 0 radical (unpaired) electrons. The van der Waals surface area contributed by atoms with E-state index in [1.54, 1.807) is 44.6 Å². The zero-order valence-corrected chi connectivity index (χ0v) is 18.4. The average molecular weight is 435 g/mol. The highest BCUT2D eigenvalue weighted by atomic mass is 16.5. The van der Waals surface area contributed by atoms with Gasteiger partial charge in [-0.1, -0.05) is 18.2 Å². The fourth-order valence-electron chi connectivity index (χ4n) is 3.49. The van der Waals surface area contributed by atoms with E-state index in [0.717, 1.165) is 5.69 Å². The fraction of sp³-hybridized carbons (Fsp3) is 0.304. The van der Waals surface area contributed by atoms with Gasteiger partial charge in [-0.3, -0.25) is 9.78 Å². The molecule has 1 N–H and O–H groups in total. The lowest BCUT2D eigenvalue weighted by Gasteiger charge is -2.28. The van der Waals surface area contributed by atoms with Crippen molar-refractivity contribution in [3.05, 3.63) is 54.4 Å². The zero-order valence-electron chi connectivity index (χ0n) is 18.4. The van der Waals surface area contributed by atoms with Gasteiger partial charge in [0.25, 0.3) is 5.91 Å². The second kappa shape index (κ2) is 9.61. The van der Waals surface area contributed by atoms with E-state index in [1.165, 1.54) is 0 Å². The first-order valence-corrected chi connectivity index (χ1v) is 10.4. The first kappa shape index (κ1) is 21.5. The molecule has 0 unspecified atom stereocenters. The lowest BCUT2D eigenvalue weighted by molar-refractivity contribution is 0.0828. The second-order valence-corrected chi connectivity index (χ2v) is 7.47. The van der Waals surface area contributed by atoms with E-state index < -0.39 is 0 Å². The van der Waals surface area contributed by atoms with Crippen LogP contribution in [-0.4, -0.2) is 73.3 Å². The Morgan fingerprint density at radius 3 is 2.59 bits per heavy atom. The highest BCUT2D eigenvalue weighted by molar-refractivity contribution is 6.01. The third kappa shape index (κ3) is 4.47. The highest BCUT2D eigenvalue weighted by Crippen LogP contribution is 2.38. The maximum atomic E-state index is 12.9. The van der Waals surface area contributed by atoms with Crippen molar-refractivity contribution in [2.24, 2.45) is 0 Å². The molecule has 0 spiro atoms. The van der Waals surface area contributed by atoms with Crippen LogP contribution in [0.2, 0.25) is 0 Å². The number of pyridine rings is 1. The number of amides is 1. The topological polar surface area (TPSA) is 92.7 Å². The van der Waals surface area contributed by atoms with E-state index in [4.69, 9.17) is 19.4 Å². The van der Waals surface area contributed by atoms with Gasteiger partial charge in [-0.05, 0) is 18.2 Å². The van der Waals surface area contributed by atoms with Crippen LogP contribution in [0.1, 0.15) is 10.4 Å². The number of aromatic nitrogens is 3. The van der Waals surface area contributed by atoms with Gasteiger partial charge in [-0.2, -0.15) is 4.98 Å². The number of anilines is 3. The fourth-order valence-corrected chi connectivity index (χ4v) is 3.49. The molecule has 1 aromatic carbocycles. The van der Waals surface area contributed by atoms with Crippen LogP contribution in [0.3, 0.4) is 0 Å². The quantitative estimate of drug-likeness (QED) is 0.633. The Morgan fingerprint density at radius 2 is 1.91 bits per heavy atom. The summed E-state index contributed by atoms with van der Waals surface area (Å²) in [7, 11) is 5.02. The maximum Gasteiger partial charge on any atom is 0.254 e. The van der Waals surface area contributed by atoms with Crippen LogP contribution in [0.5, 0.6) is 5.75 Å². The Bertz CT molecular complexity index is 1080. The molecule has 4 rings (SSSR count). The van der Waals surface area contributed by atoms with Crippen molar-refractivity contribution in [1.29, 1.82) is 0 Å². The molecule has 9 nitrogen and oxygen atoms in total. The van der Waals surface area contributed by atoms with Crippen LogP contribution >= 0.6 is 0 Å². The number of carbonyl (C=O) groups is 1. The van der Waals surface area contributed by atoms with E-state index in [0.29, 0.717) is 60.6 Å². The Kier molecular flexibility index (Phi) is 6.46. The molecule has 0 aliphatic carbocycles. The molecule has 0 bridgehead atoms. The number of rotatable bonds is 6. The van der Waals surface area contributed by atoms with Gasteiger partial charge in [0, 0.05) is 44.5 Å². The van der Waals surface area contributed by atoms with Gasteiger partial charge in [0.2, 0.25) is 5.95 Å². The van der Waals surface area contributed by atoms with E-state index in [1.807, 2.05) is 30.3 Å². The van der Waals surface area contributed by atoms with Crippen molar-refractivity contribution in [3.8, 4) is 17.0 Å². The molecule has 1 aliphatic rings. The summed E-state index contributed by atoms with van der Waals surface area (Å²) in [5, 5.41) is 3.29. The van der Waals surface area contributed by atoms with E-state index >= 15 is 0 Å². The van der Waals surface area contributed by atoms with E-state index in [2.05, 4.69) is 15.2 Å². The molecule has 166 valence electrons. The summed E-state index contributed by atoms with van der Waals surface area (Å²) >= 11 is 0. The number of ether oxygens (including phenoxy) is 2. The summed E-state index contributed by atoms with van der Waals surface area (Å²) < 4.78 is 11.3. The summed E-state index contributed by atoms with van der Waals surface area (Å²) in [6.45, 7) is 2.56. The minimum atomic E-state index is -0.115. The lowest BCUT2D eigenvalue weighted by Crippen LogP contribution is -2.37. The minimum Gasteiger partial charge on any atom is -0.491 e. The van der Waals surface area contributed by atoms with Crippen LogP contribution in [0.4, 0.5) is 17.5 Å². The van der Waals surface area contributed by atoms with E-state index in [9.17, 15) is 4.79 Å². The van der Waals surface area contributed by atoms with Crippen molar-refractivity contribution < 1.29 is 14.3 Å². The molecular formula is C23H26N6O3. The molecule has 0 atom stereocenters. The summed E-state index contributed by atoms with van der Waals surface area (Å²) in [4.78, 5) is 30.3. The normalized spacial score (nSPS) is 13.5. The Morgan fingerprint density at radius 1 is 1.12 bits per heavy atom. The van der Waals surface area contributed by atoms with Gasteiger partial charge >= 0.3 is 0 Å². The predicted octanol–water partition coefficient (Wildman–Crippen LogP) is 2.83. The van der Waals surface area contributed by atoms with Gasteiger partial charge in [-0.25, -0.2) is 4.98 Å². The Balaban J connectivity index is 1.89. The van der Waals surface area contributed by atoms with Gasteiger partial charge in [0.05, 0.1) is 32.2 Å². The minimum absolute atomic E-state index is 0.115. The van der Waals surface area contributed by atoms with Crippen molar-refractivity contribution in [2.45, 2.75) is 0 Å². The molecule has 32 heavy (non-hydrogen) atoms.